The number of esters is 1. The van der Waals surface area contributed by atoms with Gasteiger partial charge in [0.15, 0.2) is 0 Å². The van der Waals surface area contributed by atoms with Crippen molar-refractivity contribution in [2.24, 2.45) is 0 Å². The lowest BCUT2D eigenvalue weighted by molar-refractivity contribution is -0.139. The second-order valence-electron chi connectivity index (χ2n) is 5.51. The third kappa shape index (κ3) is 4.42. The molecule has 0 aliphatic heterocycles. The van der Waals surface area contributed by atoms with Crippen LogP contribution in [0.25, 0.3) is 11.7 Å². The summed E-state index contributed by atoms with van der Waals surface area (Å²) in [4.78, 5) is 28.2. The van der Waals surface area contributed by atoms with Crippen molar-refractivity contribution in [3.63, 3.8) is 0 Å². The standard InChI is InChI=1S/C19H15BrN2O3/c1-13-2-4-14(5-3-13)6-9-19(24)25-12-16-10-18(23)22-11-15(20)7-8-17(22)21-16/h2-11H,12H2,1H3/b9-6+. The summed E-state index contributed by atoms with van der Waals surface area (Å²) in [6.45, 7) is 1.94. The summed E-state index contributed by atoms with van der Waals surface area (Å²) in [6.07, 6.45) is 4.68. The Kier molecular flexibility index (Phi) is 5.09. The van der Waals surface area contributed by atoms with Crippen molar-refractivity contribution >= 4 is 33.6 Å². The molecule has 0 unspecified atom stereocenters. The molecule has 6 heteroatoms. The van der Waals surface area contributed by atoms with E-state index in [1.165, 1.54) is 16.5 Å². The number of aromatic nitrogens is 2. The van der Waals surface area contributed by atoms with Gasteiger partial charge in [0.25, 0.3) is 5.56 Å². The van der Waals surface area contributed by atoms with Crippen LogP contribution in [0.1, 0.15) is 16.8 Å². The van der Waals surface area contributed by atoms with E-state index in [9.17, 15) is 9.59 Å². The van der Waals surface area contributed by atoms with Crippen molar-refractivity contribution in [3.8, 4) is 0 Å². The number of aryl methyl sites for hydroxylation is 1. The average Bonchev–Trinajstić information content (AvgIpc) is 2.60. The van der Waals surface area contributed by atoms with E-state index in [4.69, 9.17) is 4.74 Å². The Labute approximate surface area is 152 Å². The van der Waals surface area contributed by atoms with E-state index in [2.05, 4.69) is 20.9 Å². The molecule has 2 aromatic heterocycles. The normalized spacial score (nSPS) is 11.1. The summed E-state index contributed by atoms with van der Waals surface area (Å²) in [7, 11) is 0. The molecule has 0 spiro atoms. The first-order valence-corrected chi connectivity index (χ1v) is 8.40. The summed E-state index contributed by atoms with van der Waals surface area (Å²) in [5.74, 6) is -0.488. The quantitative estimate of drug-likeness (QED) is 0.498. The second kappa shape index (κ2) is 7.44. The van der Waals surface area contributed by atoms with E-state index < -0.39 is 5.97 Å². The highest BCUT2D eigenvalue weighted by Gasteiger charge is 2.05. The zero-order chi connectivity index (χ0) is 17.8. The van der Waals surface area contributed by atoms with Crippen LogP contribution < -0.4 is 5.56 Å². The molecule has 2 heterocycles. The number of hydrogen-bond donors (Lipinski definition) is 0. The van der Waals surface area contributed by atoms with Crippen LogP contribution in [0.15, 0.2) is 64.0 Å². The van der Waals surface area contributed by atoms with Crippen LogP contribution in [0.5, 0.6) is 0 Å². The van der Waals surface area contributed by atoms with Gasteiger partial charge in [0.2, 0.25) is 0 Å². The molecule has 0 atom stereocenters. The minimum Gasteiger partial charge on any atom is -0.456 e. The number of halogens is 1. The Morgan fingerprint density at radius 2 is 2.00 bits per heavy atom. The molecular weight excluding hydrogens is 384 g/mol. The lowest BCUT2D eigenvalue weighted by atomic mass is 10.1. The number of benzene rings is 1. The van der Waals surface area contributed by atoms with Crippen molar-refractivity contribution < 1.29 is 9.53 Å². The lowest BCUT2D eigenvalue weighted by Gasteiger charge is -2.05. The molecule has 25 heavy (non-hydrogen) atoms. The fourth-order valence-electron chi connectivity index (χ4n) is 2.24. The van der Waals surface area contributed by atoms with Gasteiger partial charge < -0.3 is 4.74 Å². The van der Waals surface area contributed by atoms with E-state index in [1.807, 2.05) is 31.2 Å². The van der Waals surface area contributed by atoms with Crippen LogP contribution in [0.4, 0.5) is 0 Å². The van der Waals surface area contributed by atoms with Gasteiger partial charge in [0, 0.05) is 22.8 Å². The van der Waals surface area contributed by atoms with E-state index in [0.717, 1.165) is 15.6 Å². The molecule has 0 N–H and O–H groups in total. The molecule has 1 aromatic carbocycles. The largest absolute Gasteiger partial charge is 0.456 e. The van der Waals surface area contributed by atoms with Crippen molar-refractivity contribution in [2.45, 2.75) is 13.5 Å². The summed E-state index contributed by atoms with van der Waals surface area (Å²) in [6, 6.07) is 12.6. The number of ether oxygens (including phenoxy) is 1. The summed E-state index contributed by atoms with van der Waals surface area (Å²) < 4.78 is 7.36. The molecule has 0 bridgehead atoms. The Hall–Kier alpha value is -2.73. The first kappa shape index (κ1) is 17.1. The Morgan fingerprint density at radius 1 is 1.24 bits per heavy atom. The van der Waals surface area contributed by atoms with Crippen molar-refractivity contribution in [1.82, 2.24) is 9.38 Å². The third-order valence-corrected chi connectivity index (χ3v) is 4.00. The zero-order valence-electron chi connectivity index (χ0n) is 13.5. The molecule has 0 fully saturated rings. The van der Waals surface area contributed by atoms with Crippen LogP contribution in [0.2, 0.25) is 0 Å². The van der Waals surface area contributed by atoms with E-state index in [0.29, 0.717) is 11.3 Å². The van der Waals surface area contributed by atoms with Gasteiger partial charge in [-0.2, -0.15) is 0 Å². The van der Waals surface area contributed by atoms with Crippen molar-refractivity contribution in [2.75, 3.05) is 0 Å². The highest BCUT2D eigenvalue weighted by molar-refractivity contribution is 9.10. The topological polar surface area (TPSA) is 60.7 Å². The fourth-order valence-corrected chi connectivity index (χ4v) is 2.57. The number of carbonyl (C=O) groups excluding carboxylic acids is 1. The second-order valence-corrected chi connectivity index (χ2v) is 6.43. The third-order valence-electron chi connectivity index (χ3n) is 3.53. The fraction of sp³-hybridized carbons (Fsp3) is 0.105. The molecule has 0 aliphatic rings. The predicted molar refractivity (Wildman–Crippen MR) is 99.2 cm³/mol. The molecule has 0 saturated carbocycles. The predicted octanol–water partition coefficient (Wildman–Crippen LogP) is 3.52. The lowest BCUT2D eigenvalue weighted by Crippen LogP contribution is -2.16. The zero-order valence-corrected chi connectivity index (χ0v) is 15.1. The van der Waals surface area contributed by atoms with E-state index >= 15 is 0 Å². The number of carbonyl (C=O) groups is 1. The van der Waals surface area contributed by atoms with Gasteiger partial charge in [0.1, 0.15) is 12.3 Å². The number of pyridine rings is 1. The Balaban J connectivity index is 1.67. The van der Waals surface area contributed by atoms with Crippen molar-refractivity contribution in [1.29, 1.82) is 0 Å². The summed E-state index contributed by atoms with van der Waals surface area (Å²) in [5.41, 5.74) is 2.74. The van der Waals surface area contributed by atoms with Gasteiger partial charge in [-0.15, -0.1) is 0 Å². The van der Waals surface area contributed by atoms with E-state index in [-0.39, 0.29) is 12.2 Å². The highest BCUT2D eigenvalue weighted by atomic mass is 79.9. The monoisotopic (exact) mass is 398 g/mol. The molecule has 0 radical (unpaired) electrons. The maximum Gasteiger partial charge on any atom is 0.331 e. The molecular formula is C19H15BrN2O3. The molecule has 126 valence electrons. The number of hydrogen-bond acceptors (Lipinski definition) is 4. The molecule has 0 aliphatic carbocycles. The SMILES string of the molecule is Cc1ccc(/C=C/C(=O)OCc2cc(=O)n3cc(Br)ccc3n2)cc1. The average molecular weight is 399 g/mol. The smallest absolute Gasteiger partial charge is 0.331 e. The first-order chi connectivity index (χ1) is 12.0. The molecule has 3 rings (SSSR count). The van der Waals surface area contributed by atoms with Gasteiger partial charge in [-0.1, -0.05) is 29.8 Å². The van der Waals surface area contributed by atoms with Gasteiger partial charge >= 0.3 is 5.97 Å². The maximum atomic E-state index is 12.1. The van der Waals surface area contributed by atoms with Gasteiger partial charge in [0.05, 0.1) is 5.69 Å². The van der Waals surface area contributed by atoms with Crippen LogP contribution in [-0.4, -0.2) is 15.4 Å². The Morgan fingerprint density at radius 3 is 2.76 bits per heavy atom. The maximum absolute atomic E-state index is 12.1. The Bertz CT molecular complexity index is 1010. The van der Waals surface area contributed by atoms with Crippen molar-refractivity contribution in [3.05, 3.63) is 86.4 Å². The molecule has 0 saturated heterocycles. The number of fused-ring (bicyclic) bond motifs is 1. The van der Waals surface area contributed by atoms with Crippen LogP contribution >= 0.6 is 15.9 Å². The molecule has 0 amide bonds. The molecule has 5 nitrogen and oxygen atoms in total. The van der Waals surface area contributed by atoms with Gasteiger partial charge in [-0.3, -0.25) is 9.20 Å². The van der Waals surface area contributed by atoms with Gasteiger partial charge in [-0.05, 0) is 46.6 Å². The highest BCUT2D eigenvalue weighted by Crippen LogP contribution is 2.10. The summed E-state index contributed by atoms with van der Waals surface area (Å²) in [5, 5.41) is 0. The minimum absolute atomic E-state index is 0.0567. The van der Waals surface area contributed by atoms with Gasteiger partial charge in [-0.25, -0.2) is 9.78 Å². The van der Waals surface area contributed by atoms with Crippen LogP contribution in [0.3, 0.4) is 0 Å². The van der Waals surface area contributed by atoms with Crippen LogP contribution in [0, 0.1) is 6.92 Å². The summed E-state index contributed by atoms with van der Waals surface area (Å²) >= 11 is 3.31. The number of nitrogens with zero attached hydrogens (tertiary/aromatic N) is 2. The number of rotatable bonds is 4. The first-order valence-electron chi connectivity index (χ1n) is 7.60. The van der Waals surface area contributed by atoms with E-state index in [1.54, 1.807) is 24.4 Å². The molecule has 3 aromatic rings. The van der Waals surface area contributed by atoms with Crippen LogP contribution in [-0.2, 0) is 16.1 Å². The minimum atomic E-state index is -0.488.